The highest BCUT2D eigenvalue weighted by molar-refractivity contribution is 5.76. The third-order valence-corrected chi connectivity index (χ3v) is 7.50. The van der Waals surface area contributed by atoms with Crippen molar-refractivity contribution in [2.45, 2.75) is 32.4 Å². The second-order valence-electron chi connectivity index (χ2n) is 9.95. The van der Waals surface area contributed by atoms with Crippen molar-refractivity contribution in [1.29, 1.82) is 0 Å². The number of nitrogens with one attached hydrogen (secondary N) is 1. The molecule has 1 aliphatic carbocycles. The summed E-state index contributed by atoms with van der Waals surface area (Å²) < 4.78 is 7.96. The van der Waals surface area contributed by atoms with E-state index < -0.39 is 0 Å². The highest BCUT2D eigenvalue weighted by Crippen LogP contribution is 2.37. The lowest BCUT2D eigenvalue weighted by atomic mass is 9.93. The molecule has 4 heterocycles. The van der Waals surface area contributed by atoms with Gasteiger partial charge in [-0.15, -0.1) is 0 Å². The lowest BCUT2D eigenvalue weighted by Crippen LogP contribution is -2.48. The number of nitrogens with two attached hydrogens (primary N) is 2. The second-order valence-corrected chi connectivity index (χ2v) is 9.95. The van der Waals surface area contributed by atoms with Gasteiger partial charge >= 0.3 is 0 Å². The first-order chi connectivity index (χ1) is 18.1. The summed E-state index contributed by atoms with van der Waals surface area (Å²) in [5, 5.41) is 7.93. The number of anilines is 2. The SMILES string of the molecule is Cc1cc(Nc2ncnn3ccc(CN4CC5CCC(C4)C5N)c23)ccc1Oc1ccnc(N=CN)c1. The number of hydrogen-bond donors (Lipinski definition) is 3. The second kappa shape index (κ2) is 9.79. The van der Waals surface area contributed by atoms with Crippen LogP contribution in [0.2, 0.25) is 0 Å². The van der Waals surface area contributed by atoms with Crippen LogP contribution in [0.25, 0.3) is 5.52 Å². The summed E-state index contributed by atoms with van der Waals surface area (Å²) in [4.78, 5) is 15.3. The Morgan fingerprint density at radius 1 is 1.14 bits per heavy atom. The molecule has 0 spiro atoms. The van der Waals surface area contributed by atoms with Crippen LogP contribution in [0.5, 0.6) is 11.5 Å². The van der Waals surface area contributed by atoms with Gasteiger partial charge in [0.05, 0.1) is 6.34 Å². The third-order valence-electron chi connectivity index (χ3n) is 7.50. The van der Waals surface area contributed by atoms with Gasteiger partial charge in [-0.3, -0.25) is 4.90 Å². The van der Waals surface area contributed by atoms with E-state index in [0.29, 0.717) is 29.4 Å². The van der Waals surface area contributed by atoms with E-state index >= 15 is 0 Å². The lowest BCUT2D eigenvalue weighted by molar-refractivity contribution is 0.141. The summed E-state index contributed by atoms with van der Waals surface area (Å²) in [5.74, 6) is 3.87. The van der Waals surface area contributed by atoms with Gasteiger partial charge in [-0.05, 0) is 73.1 Å². The predicted molar refractivity (Wildman–Crippen MR) is 144 cm³/mol. The molecule has 4 aromatic rings. The minimum absolute atomic E-state index is 0.359. The first-order valence-electron chi connectivity index (χ1n) is 12.6. The van der Waals surface area contributed by atoms with Crippen molar-refractivity contribution in [2.75, 3.05) is 18.4 Å². The number of piperidine rings is 1. The molecule has 2 unspecified atom stereocenters. The highest BCUT2D eigenvalue weighted by atomic mass is 16.5. The number of nitrogens with zero attached hydrogens (tertiary/aromatic N) is 6. The number of ether oxygens (including phenoxy) is 1. The molecule has 37 heavy (non-hydrogen) atoms. The number of rotatable bonds is 7. The maximum Gasteiger partial charge on any atom is 0.158 e. The number of aromatic nitrogens is 4. The van der Waals surface area contributed by atoms with Gasteiger partial charge in [0.25, 0.3) is 0 Å². The number of fused-ring (bicyclic) bond motifs is 3. The molecule has 1 aliphatic heterocycles. The van der Waals surface area contributed by atoms with Crippen LogP contribution in [0.1, 0.15) is 24.0 Å². The van der Waals surface area contributed by atoms with E-state index in [1.54, 1.807) is 24.7 Å². The number of aryl methyl sites for hydroxylation is 1. The molecular weight excluding hydrogens is 466 g/mol. The van der Waals surface area contributed by atoms with Crippen molar-refractivity contribution in [3.05, 3.63) is 66.2 Å². The Bertz CT molecular complexity index is 1440. The molecule has 2 aliphatic rings. The number of benzene rings is 1. The van der Waals surface area contributed by atoms with E-state index in [1.165, 1.54) is 24.7 Å². The number of pyridine rings is 1. The Morgan fingerprint density at radius 2 is 1.97 bits per heavy atom. The maximum atomic E-state index is 6.42. The van der Waals surface area contributed by atoms with Gasteiger partial charge in [0.1, 0.15) is 23.3 Å². The maximum absolute atomic E-state index is 6.42. The van der Waals surface area contributed by atoms with Crippen LogP contribution >= 0.6 is 0 Å². The quantitative estimate of drug-likeness (QED) is 0.260. The molecule has 0 amide bonds. The van der Waals surface area contributed by atoms with E-state index in [-0.39, 0.29) is 0 Å². The molecule has 3 aromatic heterocycles. The molecule has 10 nitrogen and oxygen atoms in total. The Kier molecular flexibility index (Phi) is 6.19. The van der Waals surface area contributed by atoms with Crippen molar-refractivity contribution in [1.82, 2.24) is 24.5 Å². The topological polar surface area (TPSA) is 132 Å². The van der Waals surface area contributed by atoms with Crippen LogP contribution in [0.4, 0.5) is 17.3 Å². The summed E-state index contributed by atoms with van der Waals surface area (Å²) in [6.07, 6.45) is 8.93. The normalized spacial score (nSPS) is 21.6. The Balaban J connectivity index is 1.21. The third kappa shape index (κ3) is 4.73. The van der Waals surface area contributed by atoms with Crippen molar-refractivity contribution in [2.24, 2.45) is 28.3 Å². The molecule has 2 fully saturated rings. The summed E-state index contributed by atoms with van der Waals surface area (Å²) in [7, 11) is 0. The van der Waals surface area contributed by atoms with Gasteiger partial charge in [-0.2, -0.15) is 5.10 Å². The van der Waals surface area contributed by atoms with E-state index in [9.17, 15) is 0 Å². The lowest BCUT2D eigenvalue weighted by Gasteiger charge is -2.36. The average Bonchev–Trinajstić information content (AvgIpc) is 3.37. The molecule has 10 heteroatoms. The molecule has 0 radical (unpaired) electrons. The Hall–Kier alpha value is -4.02. The number of hydrogen-bond acceptors (Lipinski definition) is 8. The van der Waals surface area contributed by atoms with Gasteiger partial charge in [0.2, 0.25) is 0 Å². The largest absolute Gasteiger partial charge is 0.457 e. The van der Waals surface area contributed by atoms with E-state index in [4.69, 9.17) is 16.2 Å². The van der Waals surface area contributed by atoms with Gasteiger partial charge < -0.3 is 21.5 Å². The zero-order valence-corrected chi connectivity index (χ0v) is 20.8. The van der Waals surface area contributed by atoms with E-state index in [0.717, 1.165) is 48.0 Å². The monoisotopic (exact) mass is 497 g/mol. The van der Waals surface area contributed by atoms with Crippen LogP contribution in [0, 0.1) is 18.8 Å². The van der Waals surface area contributed by atoms with Crippen LogP contribution < -0.4 is 21.5 Å². The molecule has 1 saturated heterocycles. The van der Waals surface area contributed by atoms with E-state index in [2.05, 4.69) is 36.3 Å². The fraction of sp³-hybridized carbons (Fsp3) is 0.333. The molecule has 1 saturated carbocycles. The Labute approximate surface area is 215 Å². The summed E-state index contributed by atoms with van der Waals surface area (Å²) in [6.45, 7) is 4.99. The van der Waals surface area contributed by atoms with Gasteiger partial charge in [-0.25, -0.2) is 19.5 Å². The Morgan fingerprint density at radius 3 is 2.76 bits per heavy atom. The van der Waals surface area contributed by atoms with Gasteiger partial charge in [0.15, 0.2) is 11.6 Å². The molecule has 2 atom stereocenters. The predicted octanol–water partition coefficient (Wildman–Crippen LogP) is 3.76. The summed E-state index contributed by atoms with van der Waals surface area (Å²) in [6, 6.07) is 12.0. The number of aliphatic imine (C=N–C) groups is 1. The van der Waals surface area contributed by atoms with Gasteiger partial charge in [0, 0.05) is 49.8 Å². The minimum Gasteiger partial charge on any atom is -0.457 e. The van der Waals surface area contributed by atoms with E-state index in [1.807, 2.05) is 35.8 Å². The molecule has 2 bridgehead atoms. The van der Waals surface area contributed by atoms with Crippen LogP contribution in [-0.2, 0) is 6.54 Å². The van der Waals surface area contributed by atoms with Crippen molar-refractivity contribution in [3.63, 3.8) is 0 Å². The molecule has 5 N–H and O–H groups in total. The standard InChI is InChI=1S/C27H31N9O/c1-17-10-21(4-5-23(17)37-22-6-8-30-24(11-22)31-15-28)34-27-26-20(7-9-36(26)33-16-32-27)14-35-12-18-2-3-19(13-35)25(18)29/h4-11,15-16,18-19,25H,2-3,12-14,29H2,1H3,(H2,28,30,31)(H,32,33,34). The first-order valence-corrected chi connectivity index (χ1v) is 12.6. The summed E-state index contributed by atoms with van der Waals surface area (Å²) >= 11 is 0. The van der Waals surface area contributed by atoms with Crippen molar-refractivity contribution >= 4 is 29.2 Å². The smallest absolute Gasteiger partial charge is 0.158 e. The molecule has 190 valence electrons. The fourth-order valence-electron chi connectivity index (χ4n) is 5.68. The number of likely N-dealkylation sites (tertiary alicyclic amines) is 1. The van der Waals surface area contributed by atoms with Crippen LogP contribution in [-0.4, -0.2) is 50.0 Å². The van der Waals surface area contributed by atoms with Crippen molar-refractivity contribution in [3.8, 4) is 11.5 Å². The van der Waals surface area contributed by atoms with Gasteiger partial charge in [-0.1, -0.05) is 0 Å². The fourth-order valence-corrected chi connectivity index (χ4v) is 5.68. The zero-order valence-electron chi connectivity index (χ0n) is 20.8. The average molecular weight is 498 g/mol. The molecule has 6 rings (SSSR count). The van der Waals surface area contributed by atoms with Crippen LogP contribution in [0.15, 0.2) is 60.1 Å². The summed E-state index contributed by atoms with van der Waals surface area (Å²) in [5.41, 5.74) is 15.9. The van der Waals surface area contributed by atoms with Crippen LogP contribution in [0.3, 0.4) is 0 Å². The molecular formula is C27H31N9O. The highest BCUT2D eigenvalue weighted by Gasteiger charge is 2.39. The van der Waals surface area contributed by atoms with Crippen molar-refractivity contribution < 1.29 is 4.74 Å². The molecule has 1 aromatic carbocycles. The first kappa shape index (κ1) is 23.4. The zero-order chi connectivity index (χ0) is 25.4. The minimum atomic E-state index is 0.359.